The van der Waals surface area contributed by atoms with E-state index in [-0.39, 0.29) is 11.9 Å². The molecule has 0 N–H and O–H groups in total. The highest BCUT2D eigenvalue weighted by molar-refractivity contribution is 5.87. The van der Waals surface area contributed by atoms with E-state index in [1.807, 2.05) is 0 Å². The van der Waals surface area contributed by atoms with Gasteiger partial charge in [0.05, 0.1) is 18.5 Å². The van der Waals surface area contributed by atoms with Crippen LogP contribution in [0.1, 0.15) is 20.3 Å². The van der Waals surface area contributed by atoms with Crippen molar-refractivity contribution in [3.05, 3.63) is 12.7 Å². The highest BCUT2D eigenvalue weighted by atomic mass is 16.2. The maximum absolute atomic E-state index is 11.6. The lowest BCUT2D eigenvalue weighted by atomic mass is 10.1. The van der Waals surface area contributed by atoms with E-state index in [9.17, 15) is 4.79 Å². The smallest absolute Gasteiger partial charge is 0.246 e. The number of hydrogen-bond donors (Lipinski definition) is 0. The van der Waals surface area contributed by atoms with Crippen molar-refractivity contribution in [3.8, 4) is 6.07 Å². The van der Waals surface area contributed by atoms with E-state index in [4.69, 9.17) is 5.26 Å². The van der Waals surface area contributed by atoms with Gasteiger partial charge >= 0.3 is 0 Å². The van der Waals surface area contributed by atoms with Gasteiger partial charge in [-0.05, 0) is 19.9 Å². The van der Waals surface area contributed by atoms with Crippen LogP contribution in [0.15, 0.2) is 12.7 Å². The SMILES string of the molecule is C=CC(=O)N1CCN(C(C)C)CC1CC#N. The summed E-state index contributed by atoms with van der Waals surface area (Å²) in [4.78, 5) is 15.7. The van der Waals surface area contributed by atoms with Crippen LogP contribution in [0.2, 0.25) is 0 Å². The molecule has 4 nitrogen and oxygen atoms in total. The van der Waals surface area contributed by atoms with Crippen LogP contribution < -0.4 is 0 Å². The van der Waals surface area contributed by atoms with Crippen LogP contribution in [-0.4, -0.2) is 47.4 Å². The molecule has 1 saturated heterocycles. The number of carbonyl (C=O) groups excluding carboxylic acids is 1. The molecule has 88 valence electrons. The fourth-order valence-corrected chi connectivity index (χ4v) is 2.04. The fourth-order valence-electron chi connectivity index (χ4n) is 2.04. The first-order valence-corrected chi connectivity index (χ1v) is 5.64. The monoisotopic (exact) mass is 221 g/mol. The number of amides is 1. The molecular weight excluding hydrogens is 202 g/mol. The van der Waals surface area contributed by atoms with E-state index in [2.05, 4.69) is 31.4 Å². The molecule has 4 heteroatoms. The Hall–Kier alpha value is -1.34. The third-order valence-electron chi connectivity index (χ3n) is 3.03. The molecule has 0 aromatic heterocycles. The Morgan fingerprint density at radius 3 is 2.81 bits per heavy atom. The normalized spacial score (nSPS) is 21.9. The number of rotatable bonds is 3. The average Bonchev–Trinajstić information content (AvgIpc) is 2.28. The lowest BCUT2D eigenvalue weighted by molar-refractivity contribution is -0.131. The van der Waals surface area contributed by atoms with Crippen molar-refractivity contribution in [2.75, 3.05) is 19.6 Å². The van der Waals surface area contributed by atoms with Crippen molar-refractivity contribution in [1.82, 2.24) is 9.80 Å². The predicted octanol–water partition coefficient (Wildman–Crippen LogP) is 1.01. The molecule has 1 fully saturated rings. The summed E-state index contributed by atoms with van der Waals surface area (Å²) < 4.78 is 0. The van der Waals surface area contributed by atoms with Crippen LogP contribution >= 0.6 is 0 Å². The summed E-state index contributed by atoms with van der Waals surface area (Å²) >= 11 is 0. The zero-order valence-corrected chi connectivity index (χ0v) is 10.0. The number of carbonyl (C=O) groups is 1. The second kappa shape index (κ2) is 5.66. The Labute approximate surface area is 97.1 Å². The zero-order valence-electron chi connectivity index (χ0n) is 10.0. The quantitative estimate of drug-likeness (QED) is 0.668. The van der Waals surface area contributed by atoms with Crippen molar-refractivity contribution < 1.29 is 4.79 Å². The molecule has 0 aliphatic carbocycles. The van der Waals surface area contributed by atoms with Gasteiger partial charge in [-0.25, -0.2) is 0 Å². The molecule has 1 aliphatic rings. The summed E-state index contributed by atoms with van der Waals surface area (Å²) in [6, 6.07) is 2.62. The minimum Gasteiger partial charge on any atom is -0.333 e. The standard InChI is InChI=1S/C12H19N3O/c1-4-12(16)15-8-7-14(10(2)3)9-11(15)5-6-13/h4,10-11H,1,5,7-9H2,2-3H3. The third-order valence-corrected chi connectivity index (χ3v) is 3.03. The predicted molar refractivity (Wildman–Crippen MR) is 62.6 cm³/mol. The van der Waals surface area contributed by atoms with Crippen LogP contribution in [0.4, 0.5) is 0 Å². The van der Waals surface area contributed by atoms with Crippen molar-refractivity contribution in [3.63, 3.8) is 0 Å². The van der Waals surface area contributed by atoms with E-state index in [1.165, 1.54) is 6.08 Å². The van der Waals surface area contributed by atoms with Gasteiger partial charge in [0, 0.05) is 25.7 Å². The van der Waals surface area contributed by atoms with Crippen LogP contribution in [-0.2, 0) is 4.79 Å². The molecule has 1 amide bonds. The van der Waals surface area contributed by atoms with Gasteiger partial charge in [-0.2, -0.15) is 5.26 Å². The molecule has 1 heterocycles. The number of nitrogens with zero attached hydrogens (tertiary/aromatic N) is 3. The summed E-state index contributed by atoms with van der Waals surface area (Å²) in [5, 5.41) is 8.78. The summed E-state index contributed by atoms with van der Waals surface area (Å²) in [6.07, 6.45) is 1.72. The van der Waals surface area contributed by atoms with E-state index in [1.54, 1.807) is 4.90 Å². The second-order valence-electron chi connectivity index (χ2n) is 4.34. The molecule has 1 unspecified atom stereocenters. The van der Waals surface area contributed by atoms with Crippen molar-refractivity contribution >= 4 is 5.91 Å². The van der Waals surface area contributed by atoms with Gasteiger partial charge in [-0.15, -0.1) is 0 Å². The molecule has 16 heavy (non-hydrogen) atoms. The Bertz CT molecular complexity index is 306. The summed E-state index contributed by atoms with van der Waals surface area (Å²) in [5.41, 5.74) is 0. The molecule has 1 atom stereocenters. The lowest BCUT2D eigenvalue weighted by Gasteiger charge is -2.42. The average molecular weight is 221 g/mol. The van der Waals surface area contributed by atoms with E-state index in [0.717, 1.165) is 13.1 Å². The van der Waals surface area contributed by atoms with E-state index >= 15 is 0 Å². The second-order valence-corrected chi connectivity index (χ2v) is 4.34. The molecule has 1 aliphatic heterocycles. The summed E-state index contributed by atoms with van der Waals surface area (Å²) in [7, 11) is 0. The van der Waals surface area contributed by atoms with Crippen molar-refractivity contribution in [2.24, 2.45) is 0 Å². The molecule has 0 bridgehead atoms. The topological polar surface area (TPSA) is 47.3 Å². The summed E-state index contributed by atoms with van der Waals surface area (Å²) in [5.74, 6) is -0.0661. The van der Waals surface area contributed by atoms with Crippen LogP contribution in [0.5, 0.6) is 0 Å². The van der Waals surface area contributed by atoms with Crippen LogP contribution in [0.3, 0.4) is 0 Å². The van der Waals surface area contributed by atoms with E-state index in [0.29, 0.717) is 19.0 Å². The maximum Gasteiger partial charge on any atom is 0.246 e. The molecule has 0 radical (unpaired) electrons. The van der Waals surface area contributed by atoms with Crippen molar-refractivity contribution in [2.45, 2.75) is 32.4 Å². The van der Waals surface area contributed by atoms with Gasteiger partial charge in [0.25, 0.3) is 0 Å². The van der Waals surface area contributed by atoms with Gasteiger partial charge in [0.15, 0.2) is 0 Å². The summed E-state index contributed by atoms with van der Waals surface area (Å²) in [6.45, 7) is 10.1. The Morgan fingerprint density at radius 2 is 2.31 bits per heavy atom. The molecule has 0 aromatic rings. The van der Waals surface area contributed by atoms with Gasteiger partial charge in [-0.1, -0.05) is 6.58 Å². The lowest BCUT2D eigenvalue weighted by Crippen LogP contribution is -2.56. The van der Waals surface area contributed by atoms with Crippen LogP contribution in [0.25, 0.3) is 0 Å². The highest BCUT2D eigenvalue weighted by Gasteiger charge is 2.29. The first-order valence-electron chi connectivity index (χ1n) is 5.64. The fraction of sp³-hybridized carbons (Fsp3) is 0.667. The minimum absolute atomic E-state index is 0.00616. The van der Waals surface area contributed by atoms with E-state index < -0.39 is 0 Å². The van der Waals surface area contributed by atoms with Gasteiger partial charge in [0.1, 0.15) is 0 Å². The molecular formula is C12H19N3O. The first-order chi connectivity index (χ1) is 7.60. The number of nitriles is 1. The number of piperazine rings is 1. The molecule has 1 rings (SSSR count). The number of hydrogen-bond acceptors (Lipinski definition) is 3. The Morgan fingerprint density at radius 1 is 1.62 bits per heavy atom. The molecule has 0 spiro atoms. The van der Waals surface area contributed by atoms with Crippen molar-refractivity contribution in [1.29, 1.82) is 5.26 Å². The van der Waals surface area contributed by atoms with Crippen LogP contribution in [0, 0.1) is 11.3 Å². The maximum atomic E-state index is 11.6. The van der Waals surface area contributed by atoms with Gasteiger partial charge in [0.2, 0.25) is 5.91 Å². The largest absolute Gasteiger partial charge is 0.333 e. The Balaban J connectivity index is 2.71. The highest BCUT2D eigenvalue weighted by Crippen LogP contribution is 2.15. The van der Waals surface area contributed by atoms with Gasteiger partial charge < -0.3 is 4.90 Å². The minimum atomic E-state index is -0.0661. The first kappa shape index (κ1) is 12.7. The third kappa shape index (κ3) is 2.83. The van der Waals surface area contributed by atoms with Gasteiger partial charge in [-0.3, -0.25) is 9.69 Å². The zero-order chi connectivity index (χ0) is 12.1. The Kier molecular flexibility index (Phi) is 4.51. The molecule has 0 saturated carbocycles. The molecule has 0 aromatic carbocycles.